The van der Waals surface area contributed by atoms with Crippen molar-refractivity contribution in [1.82, 2.24) is 9.80 Å². The fraction of sp³-hybridized carbons (Fsp3) is 0.722. The van der Waals surface area contributed by atoms with E-state index in [-0.39, 0.29) is 12.1 Å². The Bertz CT molecular complexity index is 493. The number of hydrogen-bond donors (Lipinski definition) is 0. The fourth-order valence-corrected chi connectivity index (χ4v) is 3.02. The molecule has 23 heavy (non-hydrogen) atoms. The standard InChI is InChI=1S/C18H30N2O3/c1-14(16-9-7-11-22-16)19(5)12-15-8-6-10-20(13-15)17(21)23-18(2,3)4/h7,9,11,14-15H,6,8,10,12-13H2,1-5H3/t14-,15-/m1/s1. The zero-order valence-corrected chi connectivity index (χ0v) is 15.0. The van der Waals surface area contributed by atoms with Crippen molar-refractivity contribution in [3.8, 4) is 0 Å². The van der Waals surface area contributed by atoms with Gasteiger partial charge in [0.1, 0.15) is 11.4 Å². The van der Waals surface area contributed by atoms with Crippen molar-refractivity contribution in [3.63, 3.8) is 0 Å². The largest absolute Gasteiger partial charge is 0.468 e. The Labute approximate surface area is 139 Å². The van der Waals surface area contributed by atoms with Gasteiger partial charge in [-0.25, -0.2) is 4.79 Å². The molecule has 0 spiro atoms. The highest BCUT2D eigenvalue weighted by atomic mass is 16.6. The average molecular weight is 322 g/mol. The van der Waals surface area contributed by atoms with Crippen LogP contribution in [-0.4, -0.2) is 48.2 Å². The summed E-state index contributed by atoms with van der Waals surface area (Å²) >= 11 is 0. The highest BCUT2D eigenvalue weighted by Crippen LogP contribution is 2.24. The maximum absolute atomic E-state index is 12.2. The molecule has 1 aliphatic rings. The second-order valence-corrected chi connectivity index (χ2v) is 7.57. The van der Waals surface area contributed by atoms with Gasteiger partial charge in [0.2, 0.25) is 0 Å². The third-order valence-electron chi connectivity index (χ3n) is 4.33. The van der Waals surface area contributed by atoms with Gasteiger partial charge in [0.15, 0.2) is 0 Å². The summed E-state index contributed by atoms with van der Waals surface area (Å²) in [4.78, 5) is 16.4. The van der Waals surface area contributed by atoms with Gasteiger partial charge in [0.25, 0.3) is 0 Å². The summed E-state index contributed by atoms with van der Waals surface area (Å²) in [5, 5.41) is 0. The molecule has 1 aromatic heterocycles. The van der Waals surface area contributed by atoms with Crippen molar-refractivity contribution in [2.75, 3.05) is 26.7 Å². The molecule has 2 atom stereocenters. The quantitative estimate of drug-likeness (QED) is 0.843. The monoisotopic (exact) mass is 322 g/mol. The molecule has 5 nitrogen and oxygen atoms in total. The van der Waals surface area contributed by atoms with Crippen molar-refractivity contribution in [3.05, 3.63) is 24.2 Å². The lowest BCUT2D eigenvalue weighted by Crippen LogP contribution is -2.45. The van der Waals surface area contributed by atoms with Gasteiger partial charge in [-0.15, -0.1) is 0 Å². The number of rotatable bonds is 4. The number of ether oxygens (including phenoxy) is 1. The van der Waals surface area contributed by atoms with E-state index in [9.17, 15) is 4.79 Å². The number of carbonyl (C=O) groups excluding carboxylic acids is 1. The number of carbonyl (C=O) groups is 1. The lowest BCUT2D eigenvalue weighted by Gasteiger charge is -2.36. The van der Waals surface area contributed by atoms with E-state index in [1.165, 1.54) is 0 Å². The zero-order chi connectivity index (χ0) is 17.0. The average Bonchev–Trinajstić information content (AvgIpc) is 2.99. The van der Waals surface area contributed by atoms with Crippen molar-refractivity contribution in [2.24, 2.45) is 5.92 Å². The zero-order valence-electron chi connectivity index (χ0n) is 15.0. The van der Waals surface area contributed by atoms with Gasteiger partial charge in [-0.1, -0.05) is 0 Å². The Morgan fingerprint density at radius 3 is 2.87 bits per heavy atom. The molecular formula is C18H30N2O3. The summed E-state index contributed by atoms with van der Waals surface area (Å²) in [6.45, 7) is 10.4. The van der Waals surface area contributed by atoms with Crippen LogP contribution >= 0.6 is 0 Å². The molecule has 2 rings (SSSR count). The van der Waals surface area contributed by atoms with Crippen molar-refractivity contribution in [2.45, 2.75) is 52.2 Å². The predicted octanol–water partition coefficient (Wildman–Crippen LogP) is 3.92. The van der Waals surface area contributed by atoms with Gasteiger partial charge in [0, 0.05) is 19.6 Å². The van der Waals surface area contributed by atoms with Gasteiger partial charge < -0.3 is 14.1 Å². The van der Waals surface area contributed by atoms with Crippen LogP contribution in [-0.2, 0) is 4.74 Å². The Morgan fingerprint density at radius 1 is 1.52 bits per heavy atom. The summed E-state index contributed by atoms with van der Waals surface area (Å²) in [6, 6.07) is 4.17. The number of furan rings is 1. The molecule has 0 aromatic carbocycles. The molecule has 0 bridgehead atoms. The number of likely N-dealkylation sites (tertiary alicyclic amines) is 1. The molecular weight excluding hydrogens is 292 g/mol. The summed E-state index contributed by atoms with van der Waals surface area (Å²) in [6.07, 6.45) is 3.70. The molecule has 0 N–H and O–H groups in total. The van der Waals surface area contributed by atoms with E-state index >= 15 is 0 Å². The first-order valence-corrected chi connectivity index (χ1v) is 8.48. The van der Waals surface area contributed by atoms with Gasteiger partial charge in [-0.2, -0.15) is 0 Å². The molecule has 0 radical (unpaired) electrons. The SMILES string of the molecule is C[C@H](c1ccco1)N(C)C[C@H]1CCCN(C(=O)OC(C)(C)C)C1. The number of amides is 1. The molecule has 5 heteroatoms. The lowest BCUT2D eigenvalue weighted by molar-refractivity contribution is 0.0140. The number of hydrogen-bond acceptors (Lipinski definition) is 4. The van der Waals surface area contributed by atoms with E-state index in [0.29, 0.717) is 5.92 Å². The van der Waals surface area contributed by atoms with Crippen LogP contribution in [0.2, 0.25) is 0 Å². The Balaban J connectivity index is 1.87. The van der Waals surface area contributed by atoms with Crippen LogP contribution in [0.5, 0.6) is 0 Å². The van der Waals surface area contributed by atoms with E-state index in [1.54, 1.807) is 6.26 Å². The lowest BCUT2D eigenvalue weighted by atomic mass is 9.97. The van der Waals surface area contributed by atoms with Crippen LogP contribution in [0, 0.1) is 5.92 Å². The molecule has 0 aliphatic carbocycles. The summed E-state index contributed by atoms with van der Waals surface area (Å²) < 4.78 is 11.0. The molecule has 130 valence electrons. The van der Waals surface area contributed by atoms with Crippen LogP contribution in [0.15, 0.2) is 22.8 Å². The topological polar surface area (TPSA) is 45.9 Å². The second kappa shape index (κ2) is 7.39. The van der Waals surface area contributed by atoms with Crippen LogP contribution in [0.25, 0.3) is 0 Å². The van der Waals surface area contributed by atoms with Crippen molar-refractivity contribution < 1.29 is 13.9 Å². The first kappa shape index (κ1) is 17.9. The summed E-state index contributed by atoms with van der Waals surface area (Å²) in [5.41, 5.74) is -0.436. The van der Waals surface area contributed by atoms with E-state index in [2.05, 4.69) is 18.9 Å². The molecule has 1 fully saturated rings. The number of piperidine rings is 1. The van der Waals surface area contributed by atoms with Gasteiger partial charge in [-0.05, 0) is 65.6 Å². The Hall–Kier alpha value is -1.49. The van der Waals surface area contributed by atoms with E-state index < -0.39 is 5.60 Å². The highest BCUT2D eigenvalue weighted by Gasteiger charge is 2.29. The number of nitrogens with zero attached hydrogens (tertiary/aromatic N) is 2. The first-order chi connectivity index (χ1) is 10.8. The molecule has 0 saturated carbocycles. The van der Waals surface area contributed by atoms with Gasteiger partial charge in [-0.3, -0.25) is 4.90 Å². The molecule has 1 aromatic rings. The smallest absolute Gasteiger partial charge is 0.410 e. The van der Waals surface area contributed by atoms with Crippen LogP contribution < -0.4 is 0 Å². The maximum Gasteiger partial charge on any atom is 0.410 e. The summed E-state index contributed by atoms with van der Waals surface area (Å²) in [7, 11) is 2.11. The third-order valence-corrected chi connectivity index (χ3v) is 4.33. The minimum absolute atomic E-state index is 0.191. The molecule has 1 amide bonds. The van der Waals surface area contributed by atoms with Crippen LogP contribution in [0.1, 0.15) is 52.3 Å². The fourth-order valence-electron chi connectivity index (χ4n) is 3.02. The van der Waals surface area contributed by atoms with Gasteiger partial charge >= 0.3 is 6.09 Å². The Morgan fingerprint density at radius 2 is 2.26 bits per heavy atom. The normalized spacial score (nSPS) is 20.6. The summed E-state index contributed by atoms with van der Waals surface area (Å²) in [5.74, 6) is 1.45. The van der Waals surface area contributed by atoms with E-state index in [0.717, 1.165) is 38.2 Å². The van der Waals surface area contributed by atoms with Crippen molar-refractivity contribution in [1.29, 1.82) is 0 Å². The van der Waals surface area contributed by atoms with Gasteiger partial charge in [0.05, 0.1) is 12.3 Å². The molecule has 2 heterocycles. The highest BCUT2D eigenvalue weighted by molar-refractivity contribution is 5.68. The van der Waals surface area contributed by atoms with Crippen LogP contribution in [0.3, 0.4) is 0 Å². The second-order valence-electron chi connectivity index (χ2n) is 7.57. The molecule has 1 aliphatic heterocycles. The molecule has 1 saturated heterocycles. The first-order valence-electron chi connectivity index (χ1n) is 8.48. The van der Waals surface area contributed by atoms with Crippen molar-refractivity contribution >= 4 is 6.09 Å². The molecule has 0 unspecified atom stereocenters. The van der Waals surface area contributed by atoms with Crippen LogP contribution in [0.4, 0.5) is 4.79 Å². The maximum atomic E-state index is 12.2. The Kier molecular flexibility index (Phi) is 5.74. The predicted molar refractivity (Wildman–Crippen MR) is 90.3 cm³/mol. The van der Waals surface area contributed by atoms with E-state index in [4.69, 9.17) is 9.15 Å². The van der Waals surface area contributed by atoms with E-state index in [1.807, 2.05) is 37.8 Å². The third kappa shape index (κ3) is 5.27. The minimum Gasteiger partial charge on any atom is -0.468 e. The minimum atomic E-state index is -0.436.